The molecule has 0 aromatic carbocycles. The number of rotatable bonds is 0. The first-order valence-corrected chi connectivity index (χ1v) is 4.70. The summed E-state index contributed by atoms with van der Waals surface area (Å²) in [7, 11) is 0. The van der Waals surface area contributed by atoms with Crippen LogP contribution in [0.5, 0.6) is 0 Å². The number of aryl methyl sites for hydroxylation is 1. The van der Waals surface area contributed by atoms with Crippen LogP contribution >= 0.6 is 22.6 Å². The van der Waals surface area contributed by atoms with E-state index < -0.39 is 0 Å². The molecule has 1 aromatic heterocycles. The van der Waals surface area contributed by atoms with E-state index in [1.54, 1.807) is 0 Å². The quantitative estimate of drug-likeness (QED) is 0.505. The van der Waals surface area contributed by atoms with Gasteiger partial charge in [-0.1, -0.05) is 28.7 Å². The van der Waals surface area contributed by atoms with E-state index in [1.165, 1.54) is 24.1 Å². The molecule has 2 heteroatoms. The van der Waals surface area contributed by atoms with Gasteiger partial charge >= 0.3 is 0 Å². The maximum Gasteiger partial charge on any atom is 0.0564 e. The lowest BCUT2D eigenvalue weighted by Gasteiger charge is -1.98. The normalized spacial score (nSPS) is 22.7. The molecule has 0 amide bonds. The number of halogens is 1. The standard InChI is InChI=1S/C8H8IN/c9-7-4-3-6-2-1-5-10-8(6)7/h1-2,5,7H,3-4H2/t7-/m0/s1. The van der Waals surface area contributed by atoms with E-state index in [-0.39, 0.29) is 0 Å². The van der Waals surface area contributed by atoms with Gasteiger partial charge in [-0.3, -0.25) is 4.98 Å². The smallest absolute Gasteiger partial charge is 0.0564 e. The number of aromatic nitrogens is 1. The highest BCUT2D eigenvalue weighted by atomic mass is 127. The molecule has 52 valence electrons. The molecule has 0 radical (unpaired) electrons. The molecule has 10 heavy (non-hydrogen) atoms. The molecule has 0 bridgehead atoms. The number of alkyl halides is 1. The van der Waals surface area contributed by atoms with E-state index >= 15 is 0 Å². The van der Waals surface area contributed by atoms with Gasteiger partial charge in [0.05, 0.1) is 9.62 Å². The Kier molecular flexibility index (Phi) is 1.64. The van der Waals surface area contributed by atoms with Gasteiger partial charge in [0.15, 0.2) is 0 Å². The lowest BCUT2D eigenvalue weighted by atomic mass is 10.2. The minimum atomic E-state index is 0.661. The predicted octanol–water partition coefficient (Wildman–Crippen LogP) is 2.50. The Bertz CT molecular complexity index is 247. The molecule has 0 unspecified atom stereocenters. The molecule has 1 aliphatic rings. The third-order valence-electron chi connectivity index (χ3n) is 1.89. The number of nitrogens with zero attached hydrogens (tertiary/aromatic N) is 1. The second kappa shape index (κ2) is 2.49. The first kappa shape index (κ1) is 6.58. The van der Waals surface area contributed by atoms with Crippen LogP contribution in [0.1, 0.15) is 21.6 Å². The molecule has 0 aliphatic heterocycles. The largest absolute Gasteiger partial charge is 0.260 e. The molecule has 0 spiro atoms. The zero-order chi connectivity index (χ0) is 6.97. The zero-order valence-electron chi connectivity index (χ0n) is 5.55. The van der Waals surface area contributed by atoms with Crippen LogP contribution < -0.4 is 0 Å². The van der Waals surface area contributed by atoms with Crippen molar-refractivity contribution in [3.05, 3.63) is 29.6 Å². The summed E-state index contributed by atoms with van der Waals surface area (Å²) >= 11 is 2.46. The summed E-state index contributed by atoms with van der Waals surface area (Å²) in [6.45, 7) is 0. The molecular weight excluding hydrogens is 237 g/mol. The Morgan fingerprint density at radius 3 is 3.30 bits per heavy atom. The van der Waals surface area contributed by atoms with Crippen molar-refractivity contribution in [2.75, 3.05) is 0 Å². The molecule has 0 N–H and O–H groups in total. The van der Waals surface area contributed by atoms with Crippen molar-refractivity contribution >= 4 is 22.6 Å². The monoisotopic (exact) mass is 245 g/mol. The van der Waals surface area contributed by atoms with Crippen LogP contribution in [0, 0.1) is 0 Å². The van der Waals surface area contributed by atoms with Crippen LogP contribution in [-0.4, -0.2) is 4.98 Å². The number of pyridine rings is 1. The molecule has 1 nitrogen and oxygen atoms in total. The lowest BCUT2D eigenvalue weighted by molar-refractivity contribution is 0.904. The molecule has 0 saturated carbocycles. The molecule has 1 atom stereocenters. The molecule has 0 fully saturated rings. The van der Waals surface area contributed by atoms with Gasteiger partial charge in [0.1, 0.15) is 0 Å². The first-order chi connectivity index (χ1) is 4.88. The third kappa shape index (κ3) is 0.944. The lowest BCUT2D eigenvalue weighted by Crippen LogP contribution is -1.86. The van der Waals surface area contributed by atoms with Gasteiger partial charge in [-0.15, -0.1) is 0 Å². The predicted molar refractivity (Wildman–Crippen MR) is 49.3 cm³/mol. The molecule has 1 aliphatic carbocycles. The first-order valence-electron chi connectivity index (χ1n) is 3.46. The van der Waals surface area contributed by atoms with Gasteiger partial charge in [-0.2, -0.15) is 0 Å². The van der Waals surface area contributed by atoms with Crippen LogP contribution in [-0.2, 0) is 6.42 Å². The van der Waals surface area contributed by atoms with Crippen LogP contribution in [0.2, 0.25) is 0 Å². The molecule has 1 heterocycles. The Balaban J connectivity index is 2.51. The average molecular weight is 245 g/mol. The van der Waals surface area contributed by atoms with Gasteiger partial charge in [-0.25, -0.2) is 0 Å². The zero-order valence-corrected chi connectivity index (χ0v) is 7.71. The highest BCUT2D eigenvalue weighted by molar-refractivity contribution is 14.1. The van der Waals surface area contributed by atoms with Gasteiger partial charge < -0.3 is 0 Å². The van der Waals surface area contributed by atoms with Crippen molar-refractivity contribution < 1.29 is 0 Å². The number of hydrogen-bond acceptors (Lipinski definition) is 1. The van der Waals surface area contributed by atoms with E-state index in [9.17, 15) is 0 Å². The maximum absolute atomic E-state index is 4.33. The van der Waals surface area contributed by atoms with Crippen molar-refractivity contribution in [1.29, 1.82) is 0 Å². The summed E-state index contributed by atoms with van der Waals surface area (Å²) in [6.07, 6.45) is 4.37. The average Bonchev–Trinajstić information content (AvgIpc) is 2.34. The minimum Gasteiger partial charge on any atom is -0.260 e. The van der Waals surface area contributed by atoms with Crippen molar-refractivity contribution in [1.82, 2.24) is 4.98 Å². The highest BCUT2D eigenvalue weighted by Crippen LogP contribution is 2.35. The maximum atomic E-state index is 4.33. The van der Waals surface area contributed by atoms with Gasteiger partial charge in [0, 0.05) is 6.20 Å². The van der Waals surface area contributed by atoms with Crippen molar-refractivity contribution in [2.24, 2.45) is 0 Å². The Morgan fingerprint density at radius 2 is 2.50 bits per heavy atom. The van der Waals surface area contributed by atoms with E-state index in [1.807, 2.05) is 12.3 Å². The van der Waals surface area contributed by atoms with Crippen LogP contribution in [0.25, 0.3) is 0 Å². The Morgan fingerprint density at radius 1 is 1.60 bits per heavy atom. The number of fused-ring (bicyclic) bond motifs is 1. The Hall–Kier alpha value is -0.120. The molecule has 2 rings (SSSR count). The second-order valence-electron chi connectivity index (χ2n) is 2.55. The van der Waals surface area contributed by atoms with Crippen molar-refractivity contribution in [2.45, 2.75) is 16.8 Å². The summed E-state index contributed by atoms with van der Waals surface area (Å²) in [4.78, 5) is 4.33. The fourth-order valence-corrected chi connectivity index (χ4v) is 2.24. The van der Waals surface area contributed by atoms with Crippen molar-refractivity contribution in [3.8, 4) is 0 Å². The van der Waals surface area contributed by atoms with Gasteiger partial charge in [0.25, 0.3) is 0 Å². The van der Waals surface area contributed by atoms with Crippen molar-refractivity contribution in [3.63, 3.8) is 0 Å². The van der Waals surface area contributed by atoms with Gasteiger partial charge in [-0.05, 0) is 24.5 Å². The summed E-state index contributed by atoms with van der Waals surface area (Å²) in [5.41, 5.74) is 2.75. The second-order valence-corrected chi connectivity index (χ2v) is 4.06. The van der Waals surface area contributed by atoms with Gasteiger partial charge in [0.2, 0.25) is 0 Å². The topological polar surface area (TPSA) is 12.9 Å². The molecular formula is C8H8IN. The molecule has 0 saturated heterocycles. The summed E-state index contributed by atoms with van der Waals surface area (Å²) in [5, 5.41) is 0. The van der Waals surface area contributed by atoms with E-state index in [2.05, 4.69) is 33.6 Å². The molecule has 1 aromatic rings. The van der Waals surface area contributed by atoms with Crippen LogP contribution in [0.4, 0.5) is 0 Å². The van der Waals surface area contributed by atoms with E-state index in [0.29, 0.717) is 3.92 Å². The fraction of sp³-hybridized carbons (Fsp3) is 0.375. The fourth-order valence-electron chi connectivity index (χ4n) is 1.36. The number of hydrogen-bond donors (Lipinski definition) is 0. The summed E-state index contributed by atoms with van der Waals surface area (Å²) in [6, 6.07) is 4.20. The summed E-state index contributed by atoms with van der Waals surface area (Å²) < 4.78 is 0.661. The van der Waals surface area contributed by atoms with E-state index in [0.717, 1.165) is 0 Å². The minimum absolute atomic E-state index is 0.661. The highest BCUT2D eigenvalue weighted by Gasteiger charge is 2.19. The van der Waals surface area contributed by atoms with Crippen LogP contribution in [0.15, 0.2) is 18.3 Å². The SMILES string of the molecule is I[C@H]1CCc2cccnc21. The Labute approximate surface area is 74.0 Å². The van der Waals surface area contributed by atoms with Crippen LogP contribution in [0.3, 0.4) is 0 Å². The summed E-state index contributed by atoms with van der Waals surface area (Å²) in [5.74, 6) is 0. The third-order valence-corrected chi connectivity index (χ3v) is 3.10. The van der Waals surface area contributed by atoms with E-state index in [4.69, 9.17) is 0 Å².